The molecule has 0 spiro atoms. The number of rotatable bonds is 6. The summed E-state index contributed by atoms with van der Waals surface area (Å²) in [6.45, 7) is 4.62. The molecule has 8 heteroatoms. The van der Waals surface area contributed by atoms with Crippen molar-refractivity contribution in [1.29, 1.82) is 0 Å². The zero-order valence-corrected chi connectivity index (χ0v) is 18.0. The summed E-state index contributed by atoms with van der Waals surface area (Å²) in [5, 5.41) is 2.62. The van der Waals surface area contributed by atoms with Gasteiger partial charge in [0.25, 0.3) is 5.91 Å². The van der Waals surface area contributed by atoms with Crippen LogP contribution in [0.4, 0.5) is 4.79 Å². The monoisotopic (exact) mass is 433 g/mol. The smallest absolute Gasteiger partial charge is 0.373 e. The summed E-state index contributed by atoms with van der Waals surface area (Å²) in [4.78, 5) is 37.8. The van der Waals surface area contributed by atoms with Crippen molar-refractivity contribution in [3.8, 4) is 0 Å². The number of aromatic nitrogens is 1. The van der Waals surface area contributed by atoms with E-state index in [2.05, 4.69) is 26.8 Å². The van der Waals surface area contributed by atoms with E-state index in [0.29, 0.717) is 5.76 Å². The maximum atomic E-state index is 12.8. The number of carbonyl (C=O) groups is 3. The van der Waals surface area contributed by atoms with Crippen molar-refractivity contribution in [2.75, 3.05) is 7.11 Å². The molecule has 0 unspecified atom stereocenters. The number of esters is 1. The molecule has 0 radical (unpaired) electrons. The lowest BCUT2D eigenvalue weighted by Gasteiger charge is -2.10. The first-order valence-electron chi connectivity index (χ1n) is 10.1. The van der Waals surface area contributed by atoms with Gasteiger partial charge in [0.1, 0.15) is 11.5 Å². The second-order valence-corrected chi connectivity index (χ2v) is 7.54. The molecule has 3 heterocycles. The number of aryl methyl sites for hydroxylation is 1. The third kappa shape index (κ3) is 4.07. The van der Waals surface area contributed by atoms with Gasteiger partial charge in [-0.1, -0.05) is 30.3 Å². The Morgan fingerprint density at radius 1 is 1.09 bits per heavy atom. The van der Waals surface area contributed by atoms with Gasteiger partial charge < -0.3 is 19.0 Å². The van der Waals surface area contributed by atoms with Crippen LogP contribution in [-0.2, 0) is 22.6 Å². The normalized spacial score (nSPS) is 14.8. The molecule has 3 aromatic rings. The number of benzene rings is 1. The summed E-state index contributed by atoms with van der Waals surface area (Å²) in [5.41, 5.74) is 4.27. The number of methoxy groups -OCH3 is 1. The van der Waals surface area contributed by atoms with Crippen LogP contribution >= 0.6 is 0 Å². The number of hydrogen-bond donors (Lipinski definition) is 1. The highest BCUT2D eigenvalue weighted by Crippen LogP contribution is 2.23. The molecular weight excluding hydrogens is 410 g/mol. The zero-order chi connectivity index (χ0) is 22.8. The Balaban J connectivity index is 1.53. The predicted molar refractivity (Wildman–Crippen MR) is 117 cm³/mol. The van der Waals surface area contributed by atoms with E-state index in [4.69, 9.17) is 4.42 Å². The molecule has 0 bridgehead atoms. The Labute approximate surface area is 185 Å². The van der Waals surface area contributed by atoms with Crippen LogP contribution < -0.4 is 5.32 Å². The average Bonchev–Trinajstić information content (AvgIpc) is 3.44. The number of ether oxygens (including phenoxy) is 1. The number of furan rings is 1. The molecule has 0 saturated carbocycles. The lowest BCUT2D eigenvalue weighted by Crippen LogP contribution is -2.30. The van der Waals surface area contributed by atoms with Crippen molar-refractivity contribution in [3.63, 3.8) is 0 Å². The van der Waals surface area contributed by atoms with Gasteiger partial charge in [-0.05, 0) is 49.2 Å². The first-order valence-corrected chi connectivity index (χ1v) is 10.1. The number of nitrogens with zero attached hydrogens (tertiary/aromatic N) is 2. The summed E-state index contributed by atoms with van der Waals surface area (Å²) in [6, 6.07) is 14.5. The highest BCUT2D eigenvalue weighted by Gasteiger charge is 2.34. The first kappa shape index (κ1) is 21.2. The van der Waals surface area contributed by atoms with E-state index in [1.54, 1.807) is 6.08 Å². The lowest BCUT2D eigenvalue weighted by molar-refractivity contribution is -0.123. The van der Waals surface area contributed by atoms with E-state index in [0.717, 1.165) is 28.4 Å². The SMILES string of the molecule is COC(=O)c1ccc(CN2C(=O)NC(=Cc3cc(C)n(Cc4ccccc4)c3C)C2=O)o1. The van der Waals surface area contributed by atoms with Gasteiger partial charge in [0, 0.05) is 17.9 Å². The second-order valence-electron chi connectivity index (χ2n) is 7.54. The highest BCUT2D eigenvalue weighted by molar-refractivity contribution is 6.13. The number of carbonyl (C=O) groups excluding carboxylic acids is 3. The van der Waals surface area contributed by atoms with E-state index in [-0.39, 0.29) is 18.0 Å². The molecule has 0 aliphatic carbocycles. The fourth-order valence-electron chi connectivity index (χ4n) is 3.68. The molecule has 1 aromatic carbocycles. The van der Waals surface area contributed by atoms with Crippen molar-refractivity contribution < 1.29 is 23.5 Å². The Kier molecular flexibility index (Phi) is 5.68. The van der Waals surface area contributed by atoms with Gasteiger partial charge in [-0.2, -0.15) is 0 Å². The van der Waals surface area contributed by atoms with Gasteiger partial charge in [0.05, 0.1) is 13.7 Å². The molecular formula is C24H23N3O5. The number of nitrogens with one attached hydrogen (secondary N) is 1. The summed E-state index contributed by atoms with van der Waals surface area (Å²) in [6.07, 6.45) is 1.69. The molecule has 164 valence electrons. The maximum absolute atomic E-state index is 12.8. The predicted octanol–water partition coefficient (Wildman–Crippen LogP) is 3.63. The van der Waals surface area contributed by atoms with E-state index < -0.39 is 17.9 Å². The number of amides is 3. The van der Waals surface area contributed by atoms with Crippen LogP contribution in [0.2, 0.25) is 0 Å². The molecule has 3 amide bonds. The third-order valence-electron chi connectivity index (χ3n) is 5.42. The summed E-state index contributed by atoms with van der Waals surface area (Å²) in [5.74, 6) is -0.772. The minimum absolute atomic E-state index is 0.0103. The number of hydrogen-bond acceptors (Lipinski definition) is 5. The summed E-state index contributed by atoms with van der Waals surface area (Å²) < 4.78 is 12.1. The van der Waals surface area contributed by atoms with E-state index in [9.17, 15) is 14.4 Å². The van der Waals surface area contributed by atoms with E-state index in [1.807, 2.05) is 38.1 Å². The summed E-state index contributed by atoms with van der Waals surface area (Å²) in [7, 11) is 1.25. The molecule has 1 saturated heterocycles. The van der Waals surface area contributed by atoms with Crippen LogP contribution in [0.5, 0.6) is 0 Å². The van der Waals surface area contributed by atoms with Crippen molar-refractivity contribution in [2.24, 2.45) is 0 Å². The number of imide groups is 1. The molecule has 2 aromatic heterocycles. The Hall–Kier alpha value is -4.07. The minimum Gasteiger partial charge on any atom is -0.463 e. The van der Waals surface area contributed by atoms with E-state index in [1.165, 1.54) is 24.8 Å². The average molecular weight is 433 g/mol. The largest absolute Gasteiger partial charge is 0.463 e. The van der Waals surface area contributed by atoms with Crippen molar-refractivity contribution in [1.82, 2.24) is 14.8 Å². The fourth-order valence-corrected chi connectivity index (χ4v) is 3.68. The van der Waals surface area contributed by atoms with Gasteiger partial charge in [0.15, 0.2) is 0 Å². The van der Waals surface area contributed by atoms with Gasteiger partial charge in [-0.25, -0.2) is 9.59 Å². The van der Waals surface area contributed by atoms with Crippen LogP contribution in [-0.4, -0.2) is 34.5 Å². The minimum atomic E-state index is -0.625. The van der Waals surface area contributed by atoms with Gasteiger partial charge in [0.2, 0.25) is 5.76 Å². The van der Waals surface area contributed by atoms with Crippen LogP contribution in [0.15, 0.2) is 58.6 Å². The van der Waals surface area contributed by atoms with Crippen molar-refractivity contribution in [2.45, 2.75) is 26.9 Å². The van der Waals surface area contributed by atoms with Crippen LogP contribution in [0, 0.1) is 13.8 Å². The van der Waals surface area contributed by atoms with Crippen molar-refractivity contribution in [3.05, 3.63) is 88.3 Å². The Bertz CT molecular complexity index is 1220. The Morgan fingerprint density at radius 2 is 1.84 bits per heavy atom. The molecule has 1 aliphatic rings. The van der Waals surface area contributed by atoms with Gasteiger partial charge in [-0.3, -0.25) is 9.69 Å². The second kappa shape index (κ2) is 8.58. The quantitative estimate of drug-likeness (QED) is 0.364. The van der Waals surface area contributed by atoms with E-state index >= 15 is 0 Å². The molecule has 32 heavy (non-hydrogen) atoms. The highest BCUT2D eigenvalue weighted by atomic mass is 16.5. The first-order chi connectivity index (χ1) is 15.4. The molecule has 1 N–H and O–H groups in total. The number of urea groups is 1. The summed E-state index contributed by atoms with van der Waals surface area (Å²) >= 11 is 0. The van der Waals surface area contributed by atoms with Gasteiger partial charge >= 0.3 is 12.0 Å². The lowest BCUT2D eigenvalue weighted by atomic mass is 10.2. The Morgan fingerprint density at radius 3 is 2.56 bits per heavy atom. The molecule has 0 atom stereocenters. The zero-order valence-electron chi connectivity index (χ0n) is 18.0. The fraction of sp³-hybridized carbons (Fsp3) is 0.208. The molecule has 4 rings (SSSR count). The van der Waals surface area contributed by atoms with Crippen LogP contribution in [0.1, 0.15) is 38.8 Å². The third-order valence-corrected chi connectivity index (χ3v) is 5.42. The van der Waals surface area contributed by atoms with Crippen LogP contribution in [0.25, 0.3) is 6.08 Å². The maximum Gasteiger partial charge on any atom is 0.373 e. The molecule has 1 aliphatic heterocycles. The van der Waals surface area contributed by atoms with Crippen molar-refractivity contribution >= 4 is 24.0 Å². The van der Waals surface area contributed by atoms with Gasteiger partial charge in [-0.15, -0.1) is 0 Å². The van der Waals surface area contributed by atoms with Crippen LogP contribution in [0.3, 0.4) is 0 Å². The molecule has 8 nitrogen and oxygen atoms in total. The molecule has 1 fully saturated rings. The topological polar surface area (TPSA) is 93.8 Å². The standard InChI is InChI=1S/C24H23N3O5/c1-15-11-18(16(2)26(15)13-17-7-5-4-6-8-17)12-20-22(28)27(24(30)25-20)14-19-9-10-21(32-19)23(29)31-3/h4-12H,13-14H2,1-3H3,(H,25,30).